The molecule has 0 bridgehead atoms. The van der Waals surface area contributed by atoms with Gasteiger partial charge in [0, 0.05) is 5.56 Å². The van der Waals surface area contributed by atoms with Gasteiger partial charge in [-0.15, -0.1) is 0 Å². The van der Waals surface area contributed by atoms with E-state index in [0.29, 0.717) is 5.56 Å². The molecule has 2 heteroatoms. The van der Waals surface area contributed by atoms with Crippen LogP contribution in [0.1, 0.15) is 12.5 Å². The van der Waals surface area contributed by atoms with Crippen molar-refractivity contribution in [1.82, 2.24) is 0 Å². The van der Waals surface area contributed by atoms with Crippen LogP contribution in [0.3, 0.4) is 0 Å². The topological polar surface area (TPSA) is 40.5 Å². The van der Waals surface area contributed by atoms with Gasteiger partial charge in [-0.3, -0.25) is 0 Å². The van der Waals surface area contributed by atoms with E-state index in [9.17, 15) is 5.11 Å². The summed E-state index contributed by atoms with van der Waals surface area (Å²) >= 11 is 0. The second-order valence-corrected chi connectivity index (χ2v) is 2.21. The van der Waals surface area contributed by atoms with Crippen molar-refractivity contribution in [2.45, 2.75) is 6.92 Å². The van der Waals surface area contributed by atoms with E-state index in [1.165, 1.54) is 6.07 Å². The summed E-state index contributed by atoms with van der Waals surface area (Å²) < 4.78 is 0. The van der Waals surface area contributed by atoms with Crippen molar-refractivity contribution in [2.75, 3.05) is 0 Å². The van der Waals surface area contributed by atoms with Crippen molar-refractivity contribution in [3.63, 3.8) is 0 Å². The fourth-order valence-electron chi connectivity index (χ4n) is 0.863. The number of hydrogen-bond acceptors (Lipinski definition) is 2. The molecule has 0 saturated heterocycles. The number of para-hydroxylation sites is 1. The first-order valence-corrected chi connectivity index (χ1v) is 3.39. The predicted octanol–water partition coefficient (Wildman–Crippen LogP) is 2.13. The highest BCUT2D eigenvalue weighted by Crippen LogP contribution is 2.28. The average molecular weight is 150 g/mol. The molecule has 0 heterocycles. The van der Waals surface area contributed by atoms with Crippen LogP contribution >= 0.6 is 0 Å². The average Bonchev–Trinajstić information content (AvgIpc) is 1.99. The lowest BCUT2D eigenvalue weighted by Gasteiger charge is -1.99. The molecule has 2 N–H and O–H groups in total. The highest BCUT2D eigenvalue weighted by atomic mass is 16.3. The Bertz CT molecular complexity index is 277. The highest BCUT2D eigenvalue weighted by molar-refractivity contribution is 5.60. The molecular formula is C9H10O2. The second kappa shape index (κ2) is 3.10. The molecule has 0 spiro atoms. The number of hydrogen-bond donors (Lipinski definition) is 2. The van der Waals surface area contributed by atoms with Gasteiger partial charge in [0.05, 0.1) is 0 Å². The van der Waals surface area contributed by atoms with Gasteiger partial charge in [0.1, 0.15) is 0 Å². The Kier molecular flexibility index (Phi) is 2.16. The molecule has 1 rings (SSSR count). The van der Waals surface area contributed by atoms with Crippen LogP contribution in [0.25, 0.3) is 6.08 Å². The highest BCUT2D eigenvalue weighted by Gasteiger charge is 2.00. The first-order chi connectivity index (χ1) is 5.25. The summed E-state index contributed by atoms with van der Waals surface area (Å²) in [6.45, 7) is 1.85. The van der Waals surface area contributed by atoms with Gasteiger partial charge in [-0.2, -0.15) is 0 Å². The van der Waals surface area contributed by atoms with E-state index in [4.69, 9.17) is 5.11 Å². The fraction of sp³-hybridized carbons (Fsp3) is 0.111. The van der Waals surface area contributed by atoms with Gasteiger partial charge in [0.2, 0.25) is 0 Å². The van der Waals surface area contributed by atoms with Crippen molar-refractivity contribution < 1.29 is 10.2 Å². The molecule has 1 aromatic rings. The summed E-state index contributed by atoms with van der Waals surface area (Å²) in [6, 6.07) is 4.86. The SMILES string of the molecule is CC=Cc1cccc(O)c1O. The molecule has 0 aliphatic heterocycles. The summed E-state index contributed by atoms with van der Waals surface area (Å²) in [6.07, 6.45) is 3.53. The number of aromatic hydroxyl groups is 2. The zero-order chi connectivity index (χ0) is 8.27. The van der Waals surface area contributed by atoms with Crippen LogP contribution in [-0.4, -0.2) is 10.2 Å². The molecule has 0 fully saturated rings. The lowest BCUT2D eigenvalue weighted by Crippen LogP contribution is -1.74. The largest absolute Gasteiger partial charge is 0.504 e. The summed E-state index contributed by atoms with van der Waals surface area (Å²) in [5, 5.41) is 18.3. The van der Waals surface area contributed by atoms with Crippen molar-refractivity contribution in [2.24, 2.45) is 0 Å². The zero-order valence-electron chi connectivity index (χ0n) is 6.28. The van der Waals surface area contributed by atoms with E-state index < -0.39 is 0 Å². The Morgan fingerprint density at radius 1 is 1.27 bits per heavy atom. The monoisotopic (exact) mass is 150 g/mol. The maximum absolute atomic E-state index is 9.23. The molecule has 2 nitrogen and oxygen atoms in total. The molecule has 0 unspecified atom stereocenters. The lowest BCUT2D eigenvalue weighted by molar-refractivity contribution is 0.403. The molecular weight excluding hydrogens is 140 g/mol. The number of phenolic OH excluding ortho intramolecular Hbond substituents is 2. The van der Waals surface area contributed by atoms with Crippen LogP contribution in [0.5, 0.6) is 11.5 Å². The van der Waals surface area contributed by atoms with Crippen molar-refractivity contribution in [1.29, 1.82) is 0 Å². The van der Waals surface area contributed by atoms with Crippen molar-refractivity contribution in [3.8, 4) is 11.5 Å². The molecule has 0 saturated carbocycles. The molecule has 0 amide bonds. The van der Waals surface area contributed by atoms with Crippen LogP contribution in [0.15, 0.2) is 24.3 Å². The van der Waals surface area contributed by atoms with Crippen molar-refractivity contribution in [3.05, 3.63) is 29.8 Å². The normalized spacial score (nSPS) is 10.6. The van der Waals surface area contributed by atoms with Gasteiger partial charge in [0.25, 0.3) is 0 Å². The summed E-state index contributed by atoms with van der Waals surface area (Å²) in [5.41, 5.74) is 0.632. The predicted molar refractivity (Wildman–Crippen MR) is 44.5 cm³/mol. The maximum atomic E-state index is 9.23. The first-order valence-electron chi connectivity index (χ1n) is 3.39. The standard InChI is InChI=1S/C9H10O2/c1-2-4-7-5-3-6-8(10)9(7)11/h2-6,10-11H,1H3. The molecule has 0 aliphatic carbocycles. The Balaban J connectivity index is 3.16. The maximum Gasteiger partial charge on any atom is 0.164 e. The minimum Gasteiger partial charge on any atom is -0.504 e. The van der Waals surface area contributed by atoms with Crippen LogP contribution in [0.4, 0.5) is 0 Å². The van der Waals surface area contributed by atoms with E-state index in [1.807, 2.05) is 6.92 Å². The minimum absolute atomic E-state index is 0.0643. The van der Waals surface area contributed by atoms with Gasteiger partial charge >= 0.3 is 0 Å². The fourth-order valence-corrected chi connectivity index (χ4v) is 0.863. The number of rotatable bonds is 1. The molecule has 0 atom stereocenters. The number of benzene rings is 1. The van der Waals surface area contributed by atoms with Crippen molar-refractivity contribution >= 4 is 6.08 Å². The van der Waals surface area contributed by atoms with Crippen LogP contribution in [0, 0.1) is 0 Å². The van der Waals surface area contributed by atoms with Crippen LogP contribution < -0.4 is 0 Å². The van der Waals surface area contributed by atoms with Gasteiger partial charge in [-0.1, -0.05) is 24.3 Å². The van der Waals surface area contributed by atoms with Crippen LogP contribution in [-0.2, 0) is 0 Å². The van der Waals surface area contributed by atoms with Gasteiger partial charge in [-0.05, 0) is 13.0 Å². The summed E-state index contributed by atoms with van der Waals surface area (Å²) in [5.74, 6) is -0.147. The molecule has 0 radical (unpaired) electrons. The van der Waals surface area contributed by atoms with E-state index in [1.54, 1.807) is 24.3 Å². The summed E-state index contributed by atoms with van der Waals surface area (Å²) in [7, 11) is 0. The lowest BCUT2D eigenvalue weighted by atomic mass is 10.2. The third-order valence-corrected chi connectivity index (χ3v) is 1.39. The smallest absolute Gasteiger partial charge is 0.164 e. The molecule has 1 aromatic carbocycles. The first kappa shape index (κ1) is 7.66. The Morgan fingerprint density at radius 3 is 2.64 bits per heavy atom. The second-order valence-electron chi connectivity index (χ2n) is 2.21. The van der Waals surface area contributed by atoms with Gasteiger partial charge in [0.15, 0.2) is 11.5 Å². The molecule has 0 aromatic heterocycles. The number of allylic oxidation sites excluding steroid dienone is 1. The summed E-state index contributed by atoms with van der Waals surface area (Å²) in [4.78, 5) is 0. The van der Waals surface area contributed by atoms with Gasteiger partial charge in [-0.25, -0.2) is 0 Å². The minimum atomic E-state index is -0.0828. The van der Waals surface area contributed by atoms with E-state index in [2.05, 4.69) is 0 Å². The molecule has 11 heavy (non-hydrogen) atoms. The van der Waals surface area contributed by atoms with E-state index in [0.717, 1.165) is 0 Å². The number of phenols is 2. The Labute approximate surface area is 65.4 Å². The quantitative estimate of drug-likeness (QED) is 0.602. The van der Waals surface area contributed by atoms with E-state index in [-0.39, 0.29) is 11.5 Å². The third-order valence-electron chi connectivity index (χ3n) is 1.39. The zero-order valence-corrected chi connectivity index (χ0v) is 6.28. The molecule has 58 valence electrons. The van der Waals surface area contributed by atoms with E-state index >= 15 is 0 Å². The van der Waals surface area contributed by atoms with Gasteiger partial charge < -0.3 is 10.2 Å². The third kappa shape index (κ3) is 1.52. The van der Waals surface area contributed by atoms with Crippen LogP contribution in [0.2, 0.25) is 0 Å². The Hall–Kier alpha value is -1.44. The molecule has 0 aliphatic rings. The Morgan fingerprint density at radius 2 is 2.00 bits per heavy atom.